The zero-order chi connectivity index (χ0) is 14.8. The number of benzene rings is 1. The molecule has 0 amide bonds. The molecule has 0 bridgehead atoms. The molecule has 1 unspecified atom stereocenters. The first-order valence-electron chi connectivity index (χ1n) is 6.53. The summed E-state index contributed by atoms with van der Waals surface area (Å²) in [7, 11) is 0. The van der Waals surface area contributed by atoms with E-state index in [-0.39, 0.29) is 0 Å². The number of hydrogen-bond donors (Lipinski definition) is 1. The van der Waals surface area contributed by atoms with Crippen LogP contribution in [0, 0.1) is 0 Å². The Kier molecular flexibility index (Phi) is 4.45. The molecule has 1 atom stereocenters. The van der Waals surface area contributed by atoms with E-state index in [0.717, 1.165) is 16.5 Å². The van der Waals surface area contributed by atoms with Crippen LogP contribution in [0.3, 0.4) is 0 Å². The predicted molar refractivity (Wildman–Crippen MR) is 81.1 cm³/mol. The van der Waals surface area contributed by atoms with Crippen molar-refractivity contribution < 1.29 is 9.26 Å². The highest BCUT2D eigenvalue weighted by Crippen LogP contribution is 2.30. The zero-order valence-electron chi connectivity index (χ0n) is 11.8. The third-order valence-electron chi connectivity index (χ3n) is 3.28. The van der Waals surface area contributed by atoms with Crippen molar-refractivity contribution in [1.29, 1.82) is 0 Å². The predicted octanol–water partition coefficient (Wildman–Crippen LogP) is 3.74. The minimum Gasteiger partial charge on any atom is -0.398 e. The van der Waals surface area contributed by atoms with Crippen molar-refractivity contribution in [3.63, 3.8) is 0 Å². The number of nitrogens with zero attached hydrogens (tertiary/aromatic N) is 2. The fourth-order valence-corrected chi connectivity index (χ4v) is 2.12. The number of hydrogen-bond acceptors (Lipinski definition) is 5. The van der Waals surface area contributed by atoms with Crippen LogP contribution in [0.1, 0.15) is 33.0 Å². The Bertz CT molecular complexity index is 600. The summed E-state index contributed by atoms with van der Waals surface area (Å²) in [6.45, 7) is 6.54. The lowest BCUT2D eigenvalue weighted by molar-refractivity contribution is -0.0403. The quantitative estimate of drug-likeness (QED) is 0.839. The van der Waals surface area contributed by atoms with E-state index in [2.05, 4.69) is 26.1 Å². The molecule has 1 heterocycles. The first-order valence-corrected chi connectivity index (χ1v) is 7.33. The fourth-order valence-electron chi connectivity index (χ4n) is 1.88. The lowest BCUT2D eigenvalue weighted by Crippen LogP contribution is -2.26. The Labute approximate surface area is 126 Å². The van der Waals surface area contributed by atoms with E-state index in [1.807, 2.05) is 32.9 Å². The lowest BCUT2D eigenvalue weighted by atomic mass is 10.0. The Balaban J connectivity index is 2.34. The highest BCUT2D eigenvalue weighted by atomic mass is 79.9. The molecular formula is C14H18BrN3O2. The lowest BCUT2D eigenvalue weighted by Gasteiger charge is -2.23. The topological polar surface area (TPSA) is 74.2 Å². The van der Waals surface area contributed by atoms with Gasteiger partial charge in [-0.05, 0) is 54.4 Å². The molecule has 2 N–H and O–H groups in total. The third kappa shape index (κ3) is 2.86. The van der Waals surface area contributed by atoms with E-state index in [1.165, 1.54) is 0 Å². The van der Waals surface area contributed by atoms with Gasteiger partial charge in [-0.1, -0.05) is 12.1 Å². The monoisotopic (exact) mass is 339 g/mol. The average molecular weight is 340 g/mol. The number of halogens is 1. The fraction of sp³-hybridized carbons (Fsp3) is 0.429. The standard InChI is InChI=1S/C14H18BrN3O2/c1-4-14(3,19-5-2)13-17-12(20-18-13)9-6-7-10(15)11(16)8-9/h6-8H,4-5,16H2,1-3H3. The average Bonchev–Trinajstić information content (AvgIpc) is 2.92. The van der Waals surface area contributed by atoms with E-state index in [9.17, 15) is 0 Å². The number of anilines is 1. The molecule has 0 spiro atoms. The van der Waals surface area contributed by atoms with Gasteiger partial charge in [0.05, 0.1) is 0 Å². The molecule has 1 aromatic heterocycles. The van der Waals surface area contributed by atoms with Gasteiger partial charge in [-0.25, -0.2) is 0 Å². The summed E-state index contributed by atoms with van der Waals surface area (Å²) < 4.78 is 11.9. The maximum Gasteiger partial charge on any atom is 0.258 e. The molecule has 0 radical (unpaired) electrons. The van der Waals surface area contributed by atoms with Gasteiger partial charge in [0.15, 0.2) is 0 Å². The highest BCUT2D eigenvalue weighted by Gasteiger charge is 2.31. The summed E-state index contributed by atoms with van der Waals surface area (Å²) in [5, 5.41) is 4.04. The van der Waals surface area contributed by atoms with Gasteiger partial charge in [-0.2, -0.15) is 4.98 Å². The SMILES string of the molecule is CCOC(C)(CC)c1noc(-c2ccc(Br)c(N)c2)n1. The number of nitrogen functional groups attached to an aromatic ring is 1. The van der Waals surface area contributed by atoms with E-state index >= 15 is 0 Å². The molecule has 2 rings (SSSR count). The van der Waals surface area contributed by atoms with Crippen molar-refractivity contribution in [2.75, 3.05) is 12.3 Å². The molecule has 1 aromatic carbocycles. The largest absolute Gasteiger partial charge is 0.398 e. The number of ether oxygens (including phenoxy) is 1. The van der Waals surface area contributed by atoms with Crippen LogP contribution >= 0.6 is 15.9 Å². The summed E-state index contributed by atoms with van der Waals surface area (Å²) in [5.74, 6) is 0.997. The molecule has 6 heteroatoms. The molecule has 108 valence electrons. The Morgan fingerprint density at radius 3 is 2.75 bits per heavy atom. The first kappa shape index (κ1) is 15.0. The second-order valence-corrected chi connectivity index (χ2v) is 5.53. The van der Waals surface area contributed by atoms with Crippen LogP contribution in [0.25, 0.3) is 11.5 Å². The molecular weight excluding hydrogens is 322 g/mol. The summed E-state index contributed by atoms with van der Waals surface area (Å²) in [5.41, 5.74) is 6.75. The van der Waals surface area contributed by atoms with E-state index in [1.54, 1.807) is 6.07 Å². The summed E-state index contributed by atoms with van der Waals surface area (Å²) in [4.78, 5) is 4.44. The molecule has 0 saturated heterocycles. The van der Waals surface area contributed by atoms with Crippen molar-refractivity contribution >= 4 is 21.6 Å². The van der Waals surface area contributed by atoms with Crippen molar-refractivity contribution in [2.24, 2.45) is 0 Å². The van der Waals surface area contributed by atoms with E-state index in [0.29, 0.717) is 24.0 Å². The van der Waals surface area contributed by atoms with Crippen molar-refractivity contribution in [1.82, 2.24) is 10.1 Å². The maximum absolute atomic E-state index is 5.86. The highest BCUT2D eigenvalue weighted by molar-refractivity contribution is 9.10. The second kappa shape index (κ2) is 5.93. The Morgan fingerprint density at radius 1 is 1.40 bits per heavy atom. The minimum absolute atomic E-state index is 0.443. The van der Waals surface area contributed by atoms with Crippen LogP contribution in [0.2, 0.25) is 0 Å². The van der Waals surface area contributed by atoms with Crippen molar-refractivity contribution in [3.05, 3.63) is 28.5 Å². The molecule has 0 saturated carbocycles. The Hall–Kier alpha value is -1.40. The van der Waals surface area contributed by atoms with Crippen LogP contribution in [0.15, 0.2) is 27.2 Å². The van der Waals surface area contributed by atoms with Gasteiger partial charge in [0.2, 0.25) is 5.82 Å². The minimum atomic E-state index is -0.530. The Morgan fingerprint density at radius 2 is 2.15 bits per heavy atom. The molecule has 0 fully saturated rings. The summed E-state index contributed by atoms with van der Waals surface area (Å²) in [6, 6.07) is 5.53. The molecule has 0 aliphatic heterocycles. The van der Waals surface area contributed by atoms with Gasteiger partial charge in [0.25, 0.3) is 5.89 Å². The van der Waals surface area contributed by atoms with Gasteiger partial charge < -0.3 is 15.0 Å². The van der Waals surface area contributed by atoms with Crippen molar-refractivity contribution in [2.45, 2.75) is 32.8 Å². The van der Waals surface area contributed by atoms with E-state index in [4.69, 9.17) is 15.0 Å². The van der Waals surface area contributed by atoms with Crippen LogP contribution in [0.5, 0.6) is 0 Å². The van der Waals surface area contributed by atoms with Crippen LogP contribution in [-0.2, 0) is 10.3 Å². The van der Waals surface area contributed by atoms with Crippen LogP contribution < -0.4 is 5.73 Å². The van der Waals surface area contributed by atoms with Gasteiger partial charge in [0.1, 0.15) is 5.60 Å². The first-order chi connectivity index (χ1) is 9.50. The maximum atomic E-state index is 5.86. The van der Waals surface area contributed by atoms with E-state index < -0.39 is 5.60 Å². The molecule has 0 aliphatic rings. The molecule has 0 aliphatic carbocycles. The van der Waals surface area contributed by atoms with Gasteiger partial charge in [0, 0.05) is 22.3 Å². The molecule has 5 nitrogen and oxygen atoms in total. The molecule has 2 aromatic rings. The van der Waals surface area contributed by atoms with Gasteiger partial charge >= 0.3 is 0 Å². The van der Waals surface area contributed by atoms with Gasteiger partial charge in [-0.15, -0.1) is 0 Å². The molecule has 20 heavy (non-hydrogen) atoms. The van der Waals surface area contributed by atoms with Crippen molar-refractivity contribution in [3.8, 4) is 11.5 Å². The summed E-state index contributed by atoms with van der Waals surface area (Å²) >= 11 is 3.36. The number of aromatic nitrogens is 2. The number of rotatable bonds is 5. The number of nitrogens with two attached hydrogens (primary N) is 1. The van der Waals surface area contributed by atoms with Crippen LogP contribution in [-0.4, -0.2) is 16.7 Å². The summed E-state index contributed by atoms with van der Waals surface area (Å²) in [6.07, 6.45) is 0.766. The normalized spacial score (nSPS) is 14.2. The second-order valence-electron chi connectivity index (χ2n) is 4.68. The smallest absolute Gasteiger partial charge is 0.258 e. The van der Waals surface area contributed by atoms with Gasteiger partial charge in [-0.3, -0.25) is 0 Å². The zero-order valence-corrected chi connectivity index (χ0v) is 13.4. The third-order valence-corrected chi connectivity index (χ3v) is 4.00. The van der Waals surface area contributed by atoms with Crippen LogP contribution in [0.4, 0.5) is 5.69 Å².